The van der Waals surface area contributed by atoms with Crippen LogP contribution < -0.4 is 0 Å². The fraction of sp³-hybridized carbons (Fsp3) is 0.350. The van der Waals surface area contributed by atoms with E-state index in [1.165, 1.54) is 18.4 Å². The van der Waals surface area contributed by atoms with Crippen molar-refractivity contribution in [1.29, 1.82) is 0 Å². The molecule has 0 aromatic heterocycles. The fourth-order valence-electron chi connectivity index (χ4n) is 3.64. The molecule has 3 nitrogen and oxygen atoms in total. The van der Waals surface area contributed by atoms with Crippen molar-refractivity contribution in [2.75, 3.05) is 13.1 Å². The molecule has 0 N–H and O–H groups in total. The van der Waals surface area contributed by atoms with E-state index in [0.29, 0.717) is 12.5 Å². The Labute approximate surface area is 150 Å². The highest BCUT2D eigenvalue weighted by Crippen LogP contribution is 2.56. The summed E-state index contributed by atoms with van der Waals surface area (Å²) in [7, 11) is 0. The maximum absolute atomic E-state index is 12.2. The average Bonchev–Trinajstić information content (AvgIpc) is 3.35. The van der Waals surface area contributed by atoms with Gasteiger partial charge >= 0.3 is 6.09 Å². The van der Waals surface area contributed by atoms with Crippen LogP contribution in [0.15, 0.2) is 59.1 Å². The number of hydrogen-bond donors (Lipinski definition) is 0. The number of ether oxygens (including phenoxy) is 1. The Morgan fingerprint density at radius 3 is 2.38 bits per heavy atom. The first-order valence-corrected chi connectivity index (χ1v) is 9.18. The molecule has 24 heavy (non-hydrogen) atoms. The van der Waals surface area contributed by atoms with Gasteiger partial charge < -0.3 is 9.64 Å². The number of carbonyl (C=O) groups is 1. The van der Waals surface area contributed by atoms with Gasteiger partial charge in [0, 0.05) is 28.9 Å². The summed E-state index contributed by atoms with van der Waals surface area (Å²) in [4.78, 5) is 14.0. The van der Waals surface area contributed by atoms with Crippen molar-refractivity contribution in [3.05, 3.63) is 70.2 Å². The summed E-state index contributed by atoms with van der Waals surface area (Å²) in [5.41, 5.74) is 2.72. The Kier molecular flexibility index (Phi) is 4.09. The number of rotatable bonds is 4. The van der Waals surface area contributed by atoms with Gasteiger partial charge in [-0.3, -0.25) is 0 Å². The Morgan fingerprint density at radius 1 is 1.08 bits per heavy atom. The lowest BCUT2D eigenvalue weighted by Gasteiger charge is -2.43. The molecule has 2 aromatic carbocycles. The van der Waals surface area contributed by atoms with Crippen LogP contribution in [0.3, 0.4) is 0 Å². The van der Waals surface area contributed by atoms with Crippen molar-refractivity contribution >= 4 is 22.0 Å². The summed E-state index contributed by atoms with van der Waals surface area (Å²) < 4.78 is 6.53. The third kappa shape index (κ3) is 2.95. The van der Waals surface area contributed by atoms with Crippen LogP contribution in [0.1, 0.15) is 24.0 Å². The molecule has 2 aliphatic rings. The first-order chi connectivity index (χ1) is 11.7. The molecule has 4 rings (SSSR count). The summed E-state index contributed by atoms with van der Waals surface area (Å²) in [6, 6.07) is 18.5. The van der Waals surface area contributed by atoms with E-state index in [4.69, 9.17) is 4.74 Å². The zero-order chi connectivity index (χ0) is 16.6. The number of likely N-dealkylation sites (tertiary alicyclic amines) is 1. The number of amides is 1. The topological polar surface area (TPSA) is 29.5 Å². The maximum atomic E-state index is 12.2. The molecule has 1 aliphatic heterocycles. The Bertz CT molecular complexity index is 719. The van der Waals surface area contributed by atoms with Crippen LogP contribution in [0, 0.1) is 5.92 Å². The maximum Gasteiger partial charge on any atom is 0.410 e. The van der Waals surface area contributed by atoms with Gasteiger partial charge in [0.1, 0.15) is 6.61 Å². The van der Waals surface area contributed by atoms with E-state index in [9.17, 15) is 4.79 Å². The second-order valence-corrected chi connectivity index (χ2v) is 7.72. The summed E-state index contributed by atoms with van der Waals surface area (Å²) in [6.07, 6.45) is 2.26. The number of hydrogen-bond acceptors (Lipinski definition) is 2. The molecule has 1 saturated heterocycles. The lowest BCUT2D eigenvalue weighted by molar-refractivity contribution is 0.0377. The van der Waals surface area contributed by atoms with Crippen LogP contribution in [-0.2, 0) is 16.8 Å². The lowest BCUT2D eigenvalue weighted by atomic mass is 9.78. The van der Waals surface area contributed by atoms with E-state index in [2.05, 4.69) is 40.2 Å². The van der Waals surface area contributed by atoms with Gasteiger partial charge in [-0.15, -0.1) is 0 Å². The van der Waals surface area contributed by atoms with E-state index < -0.39 is 0 Å². The standard InChI is InChI=1S/C20H20BrNO2/c21-18-8-6-16(7-9-18)20(10-11-20)17-12-22(13-17)19(23)24-14-15-4-2-1-3-5-15/h1-9,17H,10-14H2. The molecule has 0 atom stereocenters. The van der Waals surface area contributed by atoms with Gasteiger partial charge in [0.15, 0.2) is 0 Å². The van der Waals surface area contributed by atoms with Crippen LogP contribution >= 0.6 is 15.9 Å². The summed E-state index contributed by atoms with van der Waals surface area (Å²) >= 11 is 3.50. The molecule has 0 bridgehead atoms. The molecular formula is C20H20BrNO2. The third-order valence-corrected chi connectivity index (χ3v) is 5.86. The molecule has 1 heterocycles. The second-order valence-electron chi connectivity index (χ2n) is 6.81. The monoisotopic (exact) mass is 385 g/mol. The molecule has 1 saturated carbocycles. The smallest absolute Gasteiger partial charge is 0.410 e. The number of halogens is 1. The van der Waals surface area contributed by atoms with Crippen molar-refractivity contribution in [2.45, 2.75) is 24.9 Å². The van der Waals surface area contributed by atoms with Gasteiger partial charge in [-0.25, -0.2) is 4.79 Å². The van der Waals surface area contributed by atoms with Gasteiger partial charge in [0.05, 0.1) is 0 Å². The highest BCUT2D eigenvalue weighted by Gasteiger charge is 2.55. The summed E-state index contributed by atoms with van der Waals surface area (Å²) in [5, 5.41) is 0. The quantitative estimate of drug-likeness (QED) is 0.759. The van der Waals surface area contributed by atoms with Gasteiger partial charge in [-0.05, 0) is 36.1 Å². The van der Waals surface area contributed by atoms with Crippen molar-refractivity contribution < 1.29 is 9.53 Å². The molecule has 1 aliphatic carbocycles. The number of nitrogens with zero attached hydrogens (tertiary/aromatic N) is 1. The largest absolute Gasteiger partial charge is 0.445 e. The molecule has 0 spiro atoms. The van der Waals surface area contributed by atoms with Crippen molar-refractivity contribution in [1.82, 2.24) is 4.90 Å². The van der Waals surface area contributed by atoms with Gasteiger partial charge in [0.2, 0.25) is 0 Å². The first kappa shape index (κ1) is 15.7. The van der Waals surface area contributed by atoms with Crippen LogP contribution in [-0.4, -0.2) is 24.1 Å². The fourth-order valence-corrected chi connectivity index (χ4v) is 3.90. The Hall–Kier alpha value is -1.81. The van der Waals surface area contributed by atoms with Gasteiger partial charge in [-0.2, -0.15) is 0 Å². The van der Waals surface area contributed by atoms with Gasteiger partial charge in [-0.1, -0.05) is 58.4 Å². The molecule has 124 valence electrons. The van der Waals surface area contributed by atoms with Crippen molar-refractivity contribution in [3.63, 3.8) is 0 Å². The molecule has 2 fully saturated rings. The first-order valence-electron chi connectivity index (χ1n) is 8.39. The van der Waals surface area contributed by atoms with E-state index in [-0.39, 0.29) is 11.5 Å². The minimum Gasteiger partial charge on any atom is -0.445 e. The highest BCUT2D eigenvalue weighted by molar-refractivity contribution is 9.10. The summed E-state index contributed by atoms with van der Waals surface area (Å²) in [5.74, 6) is 0.558. The normalized spacial score (nSPS) is 18.8. The minimum atomic E-state index is -0.193. The van der Waals surface area contributed by atoms with Crippen LogP contribution in [0.5, 0.6) is 0 Å². The van der Waals surface area contributed by atoms with Crippen LogP contribution in [0.25, 0.3) is 0 Å². The highest BCUT2D eigenvalue weighted by atomic mass is 79.9. The molecular weight excluding hydrogens is 366 g/mol. The third-order valence-electron chi connectivity index (χ3n) is 5.33. The lowest BCUT2D eigenvalue weighted by Crippen LogP contribution is -2.54. The van der Waals surface area contributed by atoms with Crippen molar-refractivity contribution in [2.24, 2.45) is 5.92 Å². The predicted octanol–water partition coefficient (Wildman–Crippen LogP) is 4.75. The molecule has 0 radical (unpaired) electrons. The van der Waals surface area contributed by atoms with E-state index in [1.807, 2.05) is 35.2 Å². The zero-order valence-corrected chi connectivity index (χ0v) is 15.0. The number of carbonyl (C=O) groups excluding carboxylic acids is 1. The molecule has 4 heteroatoms. The van der Waals surface area contributed by atoms with E-state index in [0.717, 1.165) is 23.1 Å². The Balaban J connectivity index is 1.31. The molecule has 0 unspecified atom stereocenters. The van der Waals surface area contributed by atoms with Crippen molar-refractivity contribution in [3.8, 4) is 0 Å². The van der Waals surface area contributed by atoms with Crippen LogP contribution in [0.2, 0.25) is 0 Å². The van der Waals surface area contributed by atoms with E-state index in [1.54, 1.807) is 0 Å². The summed E-state index contributed by atoms with van der Waals surface area (Å²) in [6.45, 7) is 1.96. The minimum absolute atomic E-state index is 0.193. The van der Waals surface area contributed by atoms with Crippen LogP contribution in [0.4, 0.5) is 4.79 Å². The average molecular weight is 386 g/mol. The molecule has 1 amide bonds. The second kappa shape index (κ2) is 6.25. The molecule has 2 aromatic rings. The predicted molar refractivity (Wildman–Crippen MR) is 96.7 cm³/mol. The van der Waals surface area contributed by atoms with E-state index >= 15 is 0 Å². The zero-order valence-electron chi connectivity index (χ0n) is 13.5. The van der Waals surface area contributed by atoms with Gasteiger partial charge in [0.25, 0.3) is 0 Å². The Morgan fingerprint density at radius 2 is 1.75 bits per heavy atom. The number of benzene rings is 2. The SMILES string of the molecule is O=C(OCc1ccccc1)N1CC(C2(c3ccc(Br)cc3)CC2)C1.